The highest BCUT2D eigenvalue weighted by atomic mass is 16.5. The van der Waals surface area contributed by atoms with Crippen LogP contribution >= 0.6 is 0 Å². The van der Waals surface area contributed by atoms with Gasteiger partial charge in [0.2, 0.25) is 0 Å². The van der Waals surface area contributed by atoms with Crippen molar-refractivity contribution in [3.8, 4) is 11.5 Å². The number of aromatic nitrogens is 1. The maximum atomic E-state index is 12.6. The van der Waals surface area contributed by atoms with Gasteiger partial charge in [-0.2, -0.15) is 0 Å². The highest BCUT2D eigenvalue weighted by Gasteiger charge is 2.30. The van der Waals surface area contributed by atoms with Gasteiger partial charge in [-0.25, -0.2) is 4.79 Å². The number of amides is 1. The van der Waals surface area contributed by atoms with E-state index < -0.39 is 6.09 Å². The number of pyridine rings is 1. The second kappa shape index (κ2) is 10.7. The first-order valence-corrected chi connectivity index (χ1v) is 12.0. The molecule has 5 rings (SSSR count). The fourth-order valence-electron chi connectivity index (χ4n) is 4.87. The number of methoxy groups -OCH3 is 2. The van der Waals surface area contributed by atoms with E-state index in [1.54, 1.807) is 26.5 Å². The Balaban J connectivity index is 1.31. The van der Waals surface area contributed by atoms with Gasteiger partial charge in [0.1, 0.15) is 6.61 Å². The summed E-state index contributed by atoms with van der Waals surface area (Å²) >= 11 is 0. The summed E-state index contributed by atoms with van der Waals surface area (Å²) < 4.78 is 16.7. The van der Waals surface area contributed by atoms with Crippen LogP contribution in [0.3, 0.4) is 0 Å². The number of fused-ring (bicyclic) bond motifs is 2. The van der Waals surface area contributed by atoms with E-state index in [2.05, 4.69) is 39.5 Å². The number of nitrogens with zero attached hydrogens (tertiary/aromatic N) is 2. The molecule has 7 nitrogen and oxygen atoms in total. The van der Waals surface area contributed by atoms with E-state index in [-0.39, 0.29) is 12.6 Å². The third-order valence-corrected chi connectivity index (χ3v) is 6.59. The van der Waals surface area contributed by atoms with E-state index in [0.717, 1.165) is 29.6 Å². The number of rotatable bonds is 7. The molecule has 36 heavy (non-hydrogen) atoms. The van der Waals surface area contributed by atoms with Gasteiger partial charge in [-0.3, -0.25) is 15.2 Å². The van der Waals surface area contributed by atoms with Gasteiger partial charge in [-0.15, -0.1) is 0 Å². The van der Waals surface area contributed by atoms with E-state index >= 15 is 0 Å². The van der Waals surface area contributed by atoms with Gasteiger partial charge in [-0.1, -0.05) is 48.5 Å². The first-order chi connectivity index (χ1) is 17.7. The average molecular weight is 484 g/mol. The maximum Gasteiger partial charge on any atom is 0.411 e. The van der Waals surface area contributed by atoms with Gasteiger partial charge in [0.25, 0.3) is 0 Å². The SMILES string of the molecule is COc1cc2c(cc1OC)C(c1ccccc1)N(CCOC(=O)Nc1ccnc3ccccc13)CC2. The van der Waals surface area contributed by atoms with Gasteiger partial charge in [0, 0.05) is 24.7 Å². The molecular formula is C29H29N3O4. The molecule has 7 heteroatoms. The minimum absolute atomic E-state index is 0.0190. The van der Waals surface area contributed by atoms with Crippen molar-refractivity contribution < 1.29 is 19.0 Å². The highest BCUT2D eigenvalue weighted by molar-refractivity contribution is 5.98. The third kappa shape index (κ3) is 4.83. The number of nitrogens with one attached hydrogen (secondary N) is 1. The molecule has 0 saturated carbocycles. The van der Waals surface area contributed by atoms with Crippen LogP contribution in [0, 0.1) is 0 Å². The quantitative estimate of drug-likeness (QED) is 0.377. The van der Waals surface area contributed by atoms with Gasteiger partial charge in [-0.05, 0) is 47.4 Å². The van der Waals surface area contributed by atoms with Crippen LogP contribution < -0.4 is 14.8 Å². The predicted octanol–water partition coefficient (Wildman–Crippen LogP) is 5.45. The van der Waals surface area contributed by atoms with Gasteiger partial charge < -0.3 is 14.2 Å². The summed E-state index contributed by atoms with van der Waals surface area (Å²) in [7, 11) is 3.31. The second-order valence-electron chi connectivity index (χ2n) is 8.64. The Hall–Kier alpha value is -4.10. The number of hydrogen-bond acceptors (Lipinski definition) is 6. The molecule has 1 aromatic heterocycles. The van der Waals surface area contributed by atoms with Crippen molar-refractivity contribution in [1.29, 1.82) is 0 Å². The Kier molecular flexibility index (Phi) is 7.00. The minimum Gasteiger partial charge on any atom is -0.493 e. The second-order valence-corrected chi connectivity index (χ2v) is 8.64. The lowest BCUT2D eigenvalue weighted by atomic mass is 9.87. The number of carbonyl (C=O) groups excluding carboxylic acids is 1. The summed E-state index contributed by atoms with van der Waals surface area (Å²) in [6.45, 7) is 1.70. The molecule has 0 radical (unpaired) electrons. The van der Waals surface area contributed by atoms with Crippen LogP contribution in [0.5, 0.6) is 11.5 Å². The Labute approximate surface area is 210 Å². The molecule has 3 aromatic carbocycles. The molecule has 1 unspecified atom stereocenters. The molecule has 0 fully saturated rings. The summed E-state index contributed by atoms with van der Waals surface area (Å²) in [6.07, 6.45) is 2.07. The number of benzene rings is 3. The molecule has 1 N–H and O–H groups in total. The van der Waals surface area contributed by atoms with Crippen molar-refractivity contribution in [2.24, 2.45) is 0 Å². The van der Waals surface area contributed by atoms with Crippen LogP contribution in [-0.4, -0.2) is 49.9 Å². The van der Waals surface area contributed by atoms with E-state index in [1.807, 2.05) is 42.5 Å². The van der Waals surface area contributed by atoms with Crippen molar-refractivity contribution in [3.05, 3.63) is 95.7 Å². The molecule has 0 bridgehead atoms. The van der Waals surface area contributed by atoms with Crippen molar-refractivity contribution in [1.82, 2.24) is 9.88 Å². The van der Waals surface area contributed by atoms with Crippen molar-refractivity contribution >= 4 is 22.7 Å². The lowest BCUT2D eigenvalue weighted by Crippen LogP contribution is -2.38. The molecule has 0 saturated heterocycles. The van der Waals surface area contributed by atoms with Gasteiger partial charge >= 0.3 is 6.09 Å². The van der Waals surface area contributed by atoms with Crippen molar-refractivity contribution in [3.63, 3.8) is 0 Å². The van der Waals surface area contributed by atoms with Gasteiger partial charge in [0.05, 0.1) is 31.5 Å². The molecule has 184 valence electrons. The fourth-order valence-corrected chi connectivity index (χ4v) is 4.87. The van der Waals surface area contributed by atoms with Crippen molar-refractivity contribution in [2.45, 2.75) is 12.5 Å². The smallest absolute Gasteiger partial charge is 0.411 e. The number of ether oxygens (including phenoxy) is 3. The van der Waals surface area contributed by atoms with Crippen LogP contribution in [0.1, 0.15) is 22.7 Å². The lowest BCUT2D eigenvalue weighted by Gasteiger charge is -2.38. The van der Waals surface area contributed by atoms with E-state index in [1.165, 1.54) is 16.7 Å². The Morgan fingerprint density at radius 2 is 1.75 bits per heavy atom. The Morgan fingerprint density at radius 1 is 1.00 bits per heavy atom. The minimum atomic E-state index is -0.480. The fraction of sp³-hybridized carbons (Fsp3) is 0.241. The van der Waals surface area contributed by atoms with Crippen LogP contribution in [0.15, 0.2) is 79.0 Å². The highest BCUT2D eigenvalue weighted by Crippen LogP contribution is 2.40. The van der Waals surface area contributed by atoms with Gasteiger partial charge in [0.15, 0.2) is 11.5 Å². The molecule has 1 amide bonds. The number of hydrogen-bond donors (Lipinski definition) is 1. The summed E-state index contributed by atoms with van der Waals surface area (Å²) in [5, 5.41) is 3.73. The molecular weight excluding hydrogens is 454 g/mol. The average Bonchev–Trinajstić information content (AvgIpc) is 2.92. The molecule has 4 aromatic rings. The summed E-state index contributed by atoms with van der Waals surface area (Å²) in [6, 6.07) is 24.0. The first kappa shape index (κ1) is 23.6. The molecule has 0 spiro atoms. The standard InChI is InChI=1S/C29H29N3O4/c1-34-26-18-21-13-15-32(28(20-8-4-3-5-9-20)23(21)19-27(26)35-2)16-17-36-29(33)31-25-12-14-30-24-11-7-6-10-22(24)25/h3-12,14,18-19,28H,13,15-17H2,1-2H3,(H,30,31,33). The van der Waals surface area contributed by atoms with Crippen molar-refractivity contribution in [2.75, 3.05) is 39.2 Å². The summed E-state index contributed by atoms with van der Waals surface area (Å²) in [5.41, 5.74) is 5.10. The largest absolute Gasteiger partial charge is 0.493 e. The normalized spacial score (nSPS) is 15.2. The molecule has 2 heterocycles. The number of anilines is 1. The summed E-state index contributed by atoms with van der Waals surface area (Å²) in [4.78, 5) is 19.3. The Morgan fingerprint density at radius 3 is 2.56 bits per heavy atom. The van der Waals surface area contributed by atoms with Crippen LogP contribution in [0.25, 0.3) is 10.9 Å². The predicted molar refractivity (Wildman–Crippen MR) is 140 cm³/mol. The monoisotopic (exact) mass is 483 g/mol. The topological polar surface area (TPSA) is 72.9 Å². The van der Waals surface area contributed by atoms with Crippen LogP contribution in [0.4, 0.5) is 10.5 Å². The number of carbonyl (C=O) groups is 1. The molecule has 1 aliphatic heterocycles. The zero-order chi connectivity index (χ0) is 24.9. The maximum absolute atomic E-state index is 12.6. The Bertz CT molecular complexity index is 1350. The molecule has 1 aliphatic rings. The van der Waals surface area contributed by atoms with Crippen LogP contribution in [-0.2, 0) is 11.2 Å². The first-order valence-electron chi connectivity index (χ1n) is 12.0. The third-order valence-electron chi connectivity index (χ3n) is 6.59. The summed E-state index contributed by atoms with van der Waals surface area (Å²) in [5.74, 6) is 1.44. The van der Waals surface area contributed by atoms with E-state index in [0.29, 0.717) is 18.0 Å². The number of para-hydroxylation sites is 1. The van der Waals surface area contributed by atoms with E-state index in [4.69, 9.17) is 14.2 Å². The zero-order valence-corrected chi connectivity index (χ0v) is 20.4. The van der Waals surface area contributed by atoms with E-state index in [9.17, 15) is 4.79 Å². The lowest BCUT2D eigenvalue weighted by molar-refractivity contribution is 0.125. The molecule has 0 aliphatic carbocycles. The van der Waals surface area contributed by atoms with Crippen LogP contribution in [0.2, 0.25) is 0 Å². The molecule has 1 atom stereocenters. The zero-order valence-electron chi connectivity index (χ0n) is 20.4.